The van der Waals surface area contributed by atoms with Crippen LogP contribution < -0.4 is 10.6 Å². The highest BCUT2D eigenvalue weighted by molar-refractivity contribution is 5.85. The summed E-state index contributed by atoms with van der Waals surface area (Å²) >= 11 is 0. The van der Waals surface area contributed by atoms with Crippen molar-refractivity contribution in [2.24, 2.45) is 0 Å². The largest absolute Gasteiger partial charge is 0.458 e. The Bertz CT molecular complexity index is 660. The van der Waals surface area contributed by atoms with E-state index >= 15 is 0 Å². The van der Waals surface area contributed by atoms with Crippen molar-refractivity contribution in [2.75, 3.05) is 6.54 Å². The van der Waals surface area contributed by atoms with E-state index in [9.17, 15) is 14.4 Å². The third-order valence-electron chi connectivity index (χ3n) is 3.33. The fraction of sp³-hybridized carbons (Fsp3) is 0.571. The van der Waals surface area contributed by atoms with Gasteiger partial charge in [0.05, 0.1) is 0 Å². The molecule has 1 aromatic carbocycles. The quantitative estimate of drug-likeness (QED) is 0.696. The number of benzene rings is 1. The highest BCUT2D eigenvalue weighted by Crippen LogP contribution is 2.12. The maximum Gasteiger partial charge on any atom is 0.407 e. The summed E-state index contributed by atoms with van der Waals surface area (Å²) in [5, 5.41) is 5.23. The molecular weight excluding hydrogens is 360 g/mol. The molecule has 0 bridgehead atoms. The van der Waals surface area contributed by atoms with Gasteiger partial charge in [0.15, 0.2) is 0 Å². The zero-order chi connectivity index (χ0) is 21.4. The number of esters is 1. The molecule has 0 unspecified atom stereocenters. The summed E-state index contributed by atoms with van der Waals surface area (Å²) in [6, 6.07) is 8.58. The minimum absolute atomic E-state index is 0.0212. The molecule has 0 heterocycles. The van der Waals surface area contributed by atoms with Gasteiger partial charge < -0.3 is 20.1 Å². The first kappa shape index (κ1) is 23.5. The number of hydrogen-bond donors (Lipinski definition) is 2. The average molecular weight is 392 g/mol. The molecule has 0 saturated carbocycles. The minimum atomic E-state index is -0.810. The van der Waals surface area contributed by atoms with Crippen molar-refractivity contribution in [3.63, 3.8) is 0 Å². The molecule has 156 valence electrons. The highest BCUT2D eigenvalue weighted by Gasteiger charge is 2.27. The maximum absolute atomic E-state index is 12.5. The van der Waals surface area contributed by atoms with Gasteiger partial charge in [-0.05, 0) is 47.1 Å². The highest BCUT2D eigenvalue weighted by atomic mass is 16.6. The topological polar surface area (TPSA) is 93.7 Å². The molecule has 0 aliphatic carbocycles. The van der Waals surface area contributed by atoms with Crippen LogP contribution in [0.15, 0.2) is 30.3 Å². The van der Waals surface area contributed by atoms with Gasteiger partial charge in [0, 0.05) is 19.4 Å². The number of alkyl carbamates (subject to hydrolysis) is 1. The fourth-order valence-electron chi connectivity index (χ4n) is 2.27. The van der Waals surface area contributed by atoms with E-state index in [1.165, 1.54) is 0 Å². The first-order chi connectivity index (χ1) is 12.9. The van der Waals surface area contributed by atoms with Crippen molar-refractivity contribution in [2.45, 2.75) is 71.6 Å². The van der Waals surface area contributed by atoms with Crippen LogP contribution in [0.25, 0.3) is 0 Å². The van der Waals surface area contributed by atoms with Crippen molar-refractivity contribution in [1.82, 2.24) is 10.6 Å². The molecule has 7 nitrogen and oxygen atoms in total. The van der Waals surface area contributed by atoms with Gasteiger partial charge in [-0.25, -0.2) is 9.59 Å². The summed E-state index contributed by atoms with van der Waals surface area (Å²) in [5.74, 6) is -0.854. The first-order valence-electron chi connectivity index (χ1n) is 9.39. The molecule has 0 fully saturated rings. The van der Waals surface area contributed by atoms with Crippen LogP contribution in [0, 0.1) is 0 Å². The number of rotatable bonds is 7. The Labute approximate surface area is 167 Å². The van der Waals surface area contributed by atoms with E-state index in [-0.39, 0.29) is 18.9 Å². The van der Waals surface area contributed by atoms with Crippen LogP contribution in [-0.2, 0) is 25.5 Å². The number of amides is 2. The normalized spacial score (nSPS) is 12.6. The van der Waals surface area contributed by atoms with Gasteiger partial charge in [-0.15, -0.1) is 0 Å². The molecule has 2 amide bonds. The second-order valence-electron chi connectivity index (χ2n) is 8.52. The van der Waals surface area contributed by atoms with E-state index in [0.29, 0.717) is 6.42 Å². The molecule has 1 rings (SSSR count). The second kappa shape index (κ2) is 10.1. The van der Waals surface area contributed by atoms with Crippen LogP contribution in [-0.4, -0.2) is 41.8 Å². The molecule has 0 aromatic heterocycles. The fourth-order valence-corrected chi connectivity index (χ4v) is 2.27. The van der Waals surface area contributed by atoms with Gasteiger partial charge in [-0.1, -0.05) is 30.3 Å². The van der Waals surface area contributed by atoms with E-state index in [1.54, 1.807) is 41.5 Å². The molecule has 2 N–H and O–H groups in total. The Morgan fingerprint density at radius 3 is 2.04 bits per heavy atom. The molecule has 0 aliphatic rings. The third-order valence-corrected chi connectivity index (χ3v) is 3.33. The maximum atomic E-state index is 12.5. The number of hydrogen-bond acceptors (Lipinski definition) is 5. The van der Waals surface area contributed by atoms with E-state index in [0.717, 1.165) is 5.56 Å². The zero-order valence-corrected chi connectivity index (χ0v) is 17.6. The Balaban J connectivity index is 2.63. The van der Waals surface area contributed by atoms with Crippen molar-refractivity contribution in [1.29, 1.82) is 0 Å². The van der Waals surface area contributed by atoms with E-state index in [2.05, 4.69) is 10.6 Å². The van der Waals surface area contributed by atoms with Gasteiger partial charge >= 0.3 is 12.1 Å². The standard InChI is InChI=1S/C21H32N2O5/c1-20(2,3)27-18(25)16(14-15-10-8-7-9-11-15)23-17(24)12-13-22-19(26)28-21(4,5)6/h7-11,16H,12-14H2,1-6H3,(H,22,26)(H,23,24)/t16-/m0/s1. The zero-order valence-electron chi connectivity index (χ0n) is 17.6. The van der Waals surface area contributed by atoms with Crippen molar-refractivity contribution in [3.05, 3.63) is 35.9 Å². The summed E-state index contributed by atoms with van der Waals surface area (Å²) < 4.78 is 10.5. The molecule has 0 aliphatic heterocycles. The van der Waals surface area contributed by atoms with E-state index in [1.807, 2.05) is 30.3 Å². The molecule has 28 heavy (non-hydrogen) atoms. The number of carbonyl (C=O) groups excluding carboxylic acids is 3. The Kier molecular flexibility index (Phi) is 8.47. The molecule has 0 radical (unpaired) electrons. The number of carbonyl (C=O) groups is 3. The minimum Gasteiger partial charge on any atom is -0.458 e. The van der Waals surface area contributed by atoms with Gasteiger partial charge in [0.1, 0.15) is 17.2 Å². The summed E-state index contributed by atoms with van der Waals surface area (Å²) in [4.78, 5) is 36.4. The average Bonchev–Trinajstić information content (AvgIpc) is 2.52. The van der Waals surface area contributed by atoms with Crippen molar-refractivity contribution >= 4 is 18.0 Å². The summed E-state index contributed by atoms with van der Waals surface area (Å²) in [6.45, 7) is 10.7. The van der Waals surface area contributed by atoms with Gasteiger partial charge in [-0.3, -0.25) is 4.79 Å². The van der Waals surface area contributed by atoms with Crippen molar-refractivity contribution < 1.29 is 23.9 Å². The smallest absolute Gasteiger partial charge is 0.407 e. The van der Waals surface area contributed by atoms with E-state index in [4.69, 9.17) is 9.47 Å². The van der Waals surface area contributed by atoms with Gasteiger partial charge in [0.25, 0.3) is 0 Å². The van der Waals surface area contributed by atoms with Crippen molar-refractivity contribution in [3.8, 4) is 0 Å². The van der Waals surface area contributed by atoms with Crippen LogP contribution >= 0.6 is 0 Å². The molecule has 0 spiro atoms. The predicted octanol–water partition coefficient (Wildman–Crippen LogP) is 2.97. The number of ether oxygens (including phenoxy) is 2. The SMILES string of the molecule is CC(C)(C)OC(=O)NCCC(=O)N[C@@H](Cc1ccccc1)C(=O)OC(C)(C)C. The van der Waals surface area contributed by atoms with Crippen LogP contribution in [0.2, 0.25) is 0 Å². The lowest BCUT2D eigenvalue weighted by Crippen LogP contribution is -2.46. The second-order valence-corrected chi connectivity index (χ2v) is 8.52. The van der Waals surface area contributed by atoms with Crippen LogP contribution in [0.4, 0.5) is 4.79 Å². The Hall–Kier alpha value is -2.57. The molecule has 7 heteroatoms. The lowest BCUT2D eigenvalue weighted by atomic mass is 10.1. The van der Waals surface area contributed by atoms with Gasteiger partial charge in [-0.2, -0.15) is 0 Å². The summed E-state index contributed by atoms with van der Waals surface area (Å²) in [5.41, 5.74) is -0.357. The molecule has 1 aromatic rings. The molecule has 0 saturated heterocycles. The Morgan fingerprint density at radius 1 is 0.929 bits per heavy atom. The summed E-state index contributed by atoms with van der Waals surface area (Å²) in [6.07, 6.45) is -0.248. The van der Waals surface area contributed by atoms with Crippen LogP contribution in [0.1, 0.15) is 53.5 Å². The third kappa shape index (κ3) is 10.5. The first-order valence-corrected chi connectivity index (χ1v) is 9.39. The lowest BCUT2D eigenvalue weighted by molar-refractivity contribution is -0.158. The number of nitrogens with one attached hydrogen (secondary N) is 2. The predicted molar refractivity (Wildman–Crippen MR) is 107 cm³/mol. The van der Waals surface area contributed by atoms with Gasteiger partial charge in [0.2, 0.25) is 5.91 Å². The molecule has 1 atom stereocenters. The van der Waals surface area contributed by atoms with Crippen LogP contribution in [0.3, 0.4) is 0 Å². The summed E-state index contributed by atoms with van der Waals surface area (Å²) in [7, 11) is 0. The lowest BCUT2D eigenvalue weighted by Gasteiger charge is -2.25. The van der Waals surface area contributed by atoms with E-state index < -0.39 is 29.3 Å². The Morgan fingerprint density at radius 2 is 1.50 bits per heavy atom. The monoisotopic (exact) mass is 392 g/mol. The molecular formula is C21H32N2O5. The van der Waals surface area contributed by atoms with Crippen LogP contribution in [0.5, 0.6) is 0 Å².